The van der Waals surface area contributed by atoms with Gasteiger partial charge in [0.05, 0.1) is 18.3 Å². The van der Waals surface area contributed by atoms with Gasteiger partial charge in [-0.25, -0.2) is 17.2 Å². The Morgan fingerprint density at radius 1 is 1.53 bits per heavy atom. The Kier molecular flexibility index (Phi) is 4.08. The van der Waals surface area contributed by atoms with E-state index in [2.05, 4.69) is 5.32 Å². The van der Waals surface area contributed by atoms with E-state index in [0.717, 1.165) is 6.26 Å². The van der Waals surface area contributed by atoms with Gasteiger partial charge >= 0.3 is 0 Å². The standard InChI is InChI=1S/C9H16F2N2O3S/c1-13(3-4-17(2,15)16)8(14)7-5-9(10,11)6-12-7/h7,12H,3-6H2,1-2H3. The van der Waals surface area contributed by atoms with Crippen molar-refractivity contribution in [1.29, 1.82) is 0 Å². The zero-order valence-electron chi connectivity index (χ0n) is 9.74. The highest BCUT2D eigenvalue weighted by Crippen LogP contribution is 2.25. The number of halogens is 2. The van der Waals surface area contributed by atoms with Crippen molar-refractivity contribution >= 4 is 15.7 Å². The molecule has 1 aliphatic heterocycles. The Bertz CT molecular complexity index is 397. The number of nitrogens with zero attached hydrogens (tertiary/aromatic N) is 1. The van der Waals surface area contributed by atoms with Crippen LogP contribution < -0.4 is 5.32 Å². The van der Waals surface area contributed by atoms with Crippen molar-refractivity contribution in [1.82, 2.24) is 10.2 Å². The molecule has 1 saturated heterocycles. The van der Waals surface area contributed by atoms with Crippen molar-refractivity contribution in [2.75, 3.05) is 32.1 Å². The predicted molar refractivity (Wildman–Crippen MR) is 58.7 cm³/mol. The number of rotatable bonds is 4. The van der Waals surface area contributed by atoms with Gasteiger partial charge in [0.1, 0.15) is 9.84 Å². The Morgan fingerprint density at radius 2 is 2.12 bits per heavy atom. The van der Waals surface area contributed by atoms with Crippen molar-refractivity contribution in [3.8, 4) is 0 Å². The minimum absolute atomic E-state index is 0.0153. The Hall–Kier alpha value is -0.760. The van der Waals surface area contributed by atoms with Crippen molar-refractivity contribution in [3.05, 3.63) is 0 Å². The van der Waals surface area contributed by atoms with Gasteiger partial charge in [-0.2, -0.15) is 0 Å². The molecule has 8 heteroatoms. The molecule has 0 radical (unpaired) electrons. The van der Waals surface area contributed by atoms with Gasteiger partial charge in [-0.15, -0.1) is 0 Å². The average molecular weight is 270 g/mol. The Balaban J connectivity index is 2.48. The fourth-order valence-electron chi connectivity index (χ4n) is 1.57. The lowest BCUT2D eigenvalue weighted by Crippen LogP contribution is -2.43. The van der Waals surface area contributed by atoms with Crippen LogP contribution in [0.4, 0.5) is 8.78 Å². The smallest absolute Gasteiger partial charge is 0.262 e. The molecule has 0 aromatic carbocycles. The molecule has 0 aromatic heterocycles. The number of nitrogens with one attached hydrogen (secondary N) is 1. The first-order chi connectivity index (χ1) is 7.61. The number of hydrogen-bond acceptors (Lipinski definition) is 4. The second kappa shape index (κ2) is 4.85. The molecule has 0 saturated carbocycles. The molecule has 5 nitrogen and oxygen atoms in total. The molecular formula is C9H16F2N2O3S. The van der Waals surface area contributed by atoms with Gasteiger partial charge in [0, 0.05) is 26.3 Å². The van der Waals surface area contributed by atoms with E-state index in [-0.39, 0.29) is 12.3 Å². The van der Waals surface area contributed by atoms with Gasteiger partial charge in [-0.3, -0.25) is 10.1 Å². The average Bonchev–Trinajstić information content (AvgIpc) is 2.53. The van der Waals surface area contributed by atoms with E-state index in [1.54, 1.807) is 0 Å². The van der Waals surface area contributed by atoms with E-state index in [1.165, 1.54) is 11.9 Å². The van der Waals surface area contributed by atoms with Crippen LogP contribution in [0, 0.1) is 0 Å². The van der Waals surface area contributed by atoms with E-state index in [0.29, 0.717) is 0 Å². The number of carbonyl (C=O) groups is 1. The van der Waals surface area contributed by atoms with Gasteiger partial charge in [0.15, 0.2) is 0 Å². The molecule has 1 fully saturated rings. The maximum atomic E-state index is 12.9. The number of alkyl halides is 2. The van der Waals surface area contributed by atoms with Crippen LogP contribution in [-0.4, -0.2) is 63.3 Å². The summed E-state index contributed by atoms with van der Waals surface area (Å²) in [6.45, 7) is -0.495. The van der Waals surface area contributed by atoms with Crippen molar-refractivity contribution < 1.29 is 22.0 Å². The highest BCUT2D eigenvalue weighted by Gasteiger charge is 2.43. The van der Waals surface area contributed by atoms with Crippen LogP contribution in [0.2, 0.25) is 0 Å². The van der Waals surface area contributed by atoms with Crippen LogP contribution in [0.3, 0.4) is 0 Å². The van der Waals surface area contributed by atoms with Crippen LogP contribution in [0.25, 0.3) is 0 Å². The number of sulfone groups is 1. The predicted octanol–water partition coefficient (Wildman–Crippen LogP) is -0.513. The van der Waals surface area contributed by atoms with Crippen molar-refractivity contribution in [3.63, 3.8) is 0 Å². The zero-order chi connectivity index (χ0) is 13.3. The highest BCUT2D eigenvalue weighted by atomic mass is 32.2. The summed E-state index contributed by atoms with van der Waals surface area (Å²) in [6, 6.07) is -0.922. The van der Waals surface area contributed by atoms with E-state index >= 15 is 0 Å². The first-order valence-corrected chi connectivity index (χ1v) is 7.21. The third-order valence-corrected chi connectivity index (χ3v) is 3.51. The number of hydrogen-bond donors (Lipinski definition) is 1. The largest absolute Gasteiger partial charge is 0.343 e. The molecule has 0 aromatic rings. The van der Waals surface area contributed by atoms with E-state index in [4.69, 9.17) is 0 Å². The summed E-state index contributed by atoms with van der Waals surface area (Å²) in [6.07, 6.45) is 0.530. The molecule has 1 amide bonds. The van der Waals surface area contributed by atoms with Crippen molar-refractivity contribution in [2.45, 2.75) is 18.4 Å². The van der Waals surface area contributed by atoms with E-state index in [1.807, 2.05) is 0 Å². The first kappa shape index (κ1) is 14.3. The first-order valence-electron chi connectivity index (χ1n) is 5.15. The SMILES string of the molecule is CN(CCS(C)(=O)=O)C(=O)C1CC(F)(F)CN1. The fourth-order valence-corrected chi connectivity index (χ4v) is 2.17. The maximum absolute atomic E-state index is 12.9. The lowest BCUT2D eigenvalue weighted by atomic mass is 10.2. The summed E-state index contributed by atoms with van der Waals surface area (Å²) in [7, 11) is -1.75. The Morgan fingerprint density at radius 3 is 2.53 bits per heavy atom. The summed E-state index contributed by atoms with van der Waals surface area (Å²) < 4.78 is 47.5. The van der Waals surface area contributed by atoms with Gasteiger partial charge in [-0.1, -0.05) is 0 Å². The summed E-state index contributed by atoms with van der Waals surface area (Å²) in [5, 5.41) is 2.43. The van der Waals surface area contributed by atoms with Gasteiger partial charge in [0.25, 0.3) is 5.92 Å². The molecule has 1 atom stereocenters. The minimum Gasteiger partial charge on any atom is -0.343 e. The third kappa shape index (κ3) is 4.55. The summed E-state index contributed by atoms with van der Waals surface area (Å²) >= 11 is 0. The molecular weight excluding hydrogens is 254 g/mol. The summed E-state index contributed by atoms with van der Waals surface area (Å²) in [4.78, 5) is 12.9. The summed E-state index contributed by atoms with van der Waals surface area (Å²) in [5.41, 5.74) is 0. The molecule has 1 rings (SSSR count). The van der Waals surface area contributed by atoms with E-state index in [9.17, 15) is 22.0 Å². The quantitative estimate of drug-likeness (QED) is 0.747. The minimum atomic E-state index is -3.16. The number of likely N-dealkylation sites (N-methyl/N-ethyl adjacent to an activating group) is 1. The second-order valence-corrected chi connectivity index (χ2v) is 6.64. The topological polar surface area (TPSA) is 66.5 Å². The maximum Gasteiger partial charge on any atom is 0.262 e. The molecule has 0 bridgehead atoms. The Labute approximate surface area is 99.1 Å². The molecule has 1 unspecified atom stereocenters. The van der Waals surface area contributed by atoms with Crippen LogP contribution in [0.15, 0.2) is 0 Å². The monoisotopic (exact) mass is 270 g/mol. The lowest BCUT2D eigenvalue weighted by molar-refractivity contribution is -0.132. The van der Waals surface area contributed by atoms with Gasteiger partial charge in [0.2, 0.25) is 5.91 Å². The van der Waals surface area contributed by atoms with Crippen LogP contribution in [0.1, 0.15) is 6.42 Å². The van der Waals surface area contributed by atoms with Gasteiger partial charge < -0.3 is 4.90 Å². The van der Waals surface area contributed by atoms with Crippen molar-refractivity contribution in [2.24, 2.45) is 0 Å². The number of amides is 1. The number of carbonyl (C=O) groups excluding carboxylic acids is 1. The zero-order valence-corrected chi connectivity index (χ0v) is 10.6. The second-order valence-electron chi connectivity index (χ2n) is 4.38. The normalized spacial score (nSPS) is 23.6. The fraction of sp³-hybridized carbons (Fsp3) is 0.889. The van der Waals surface area contributed by atoms with Crippen LogP contribution in [-0.2, 0) is 14.6 Å². The molecule has 1 aliphatic rings. The molecule has 1 N–H and O–H groups in total. The summed E-state index contributed by atoms with van der Waals surface area (Å²) in [5.74, 6) is -3.53. The highest BCUT2D eigenvalue weighted by molar-refractivity contribution is 7.90. The van der Waals surface area contributed by atoms with Crippen LogP contribution in [0.5, 0.6) is 0 Å². The molecule has 1 heterocycles. The lowest BCUT2D eigenvalue weighted by Gasteiger charge is -2.20. The molecule has 17 heavy (non-hydrogen) atoms. The van der Waals surface area contributed by atoms with E-state index < -0.39 is 40.7 Å². The molecule has 0 spiro atoms. The van der Waals surface area contributed by atoms with Gasteiger partial charge in [-0.05, 0) is 0 Å². The third-order valence-electron chi connectivity index (χ3n) is 2.58. The van der Waals surface area contributed by atoms with Crippen LogP contribution >= 0.6 is 0 Å². The molecule has 100 valence electrons. The molecule has 0 aliphatic carbocycles.